The minimum absolute atomic E-state index is 0.0196. The lowest BCUT2D eigenvalue weighted by Crippen LogP contribution is -2.34. The lowest BCUT2D eigenvalue weighted by Gasteiger charge is -2.23. The van der Waals surface area contributed by atoms with Crippen molar-refractivity contribution in [1.82, 2.24) is 5.32 Å². The molecule has 1 N–H and O–H groups in total. The van der Waals surface area contributed by atoms with E-state index in [1.807, 2.05) is 0 Å². The Labute approximate surface area is 104 Å². The monoisotopic (exact) mass is 263 g/mol. The number of hydrogen-bond donors (Lipinski definition) is 1. The van der Waals surface area contributed by atoms with Crippen molar-refractivity contribution in [2.45, 2.75) is 19.1 Å². The molecule has 102 valence electrons. The van der Waals surface area contributed by atoms with E-state index in [1.165, 1.54) is 26.4 Å². The molecule has 1 unspecified atom stereocenters. The second-order valence-corrected chi connectivity index (χ2v) is 3.64. The first kappa shape index (κ1) is 14.6. The molecule has 0 fully saturated rings. The van der Waals surface area contributed by atoms with Gasteiger partial charge in [0.1, 0.15) is 17.5 Å². The Bertz CT molecular complexity index is 393. The van der Waals surface area contributed by atoms with Crippen LogP contribution in [0.1, 0.15) is 18.5 Å². The molecule has 0 saturated carbocycles. The average molecular weight is 263 g/mol. The number of ether oxygens (including phenoxy) is 2. The molecule has 3 nitrogen and oxygen atoms in total. The van der Waals surface area contributed by atoms with Gasteiger partial charge in [-0.1, -0.05) is 6.92 Å². The van der Waals surface area contributed by atoms with Crippen LogP contribution in [-0.2, 0) is 0 Å². The summed E-state index contributed by atoms with van der Waals surface area (Å²) >= 11 is 0. The fourth-order valence-electron chi connectivity index (χ4n) is 1.67. The zero-order chi connectivity index (χ0) is 13.8. The normalized spacial score (nSPS) is 13.2. The van der Waals surface area contributed by atoms with Crippen molar-refractivity contribution in [2.75, 3.05) is 20.8 Å². The number of methoxy groups -OCH3 is 2. The van der Waals surface area contributed by atoms with Crippen molar-refractivity contribution in [1.29, 1.82) is 0 Å². The van der Waals surface area contributed by atoms with Crippen molar-refractivity contribution < 1.29 is 22.6 Å². The van der Waals surface area contributed by atoms with Gasteiger partial charge in [0, 0.05) is 5.56 Å². The first-order valence-corrected chi connectivity index (χ1v) is 5.46. The molecule has 0 aliphatic heterocycles. The number of halogens is 3. The van der Waals surface area contributed by atoms with Gasteiger partial charge in [-0.3, -0.25) is 0 Å². The highest BCUT2D eigenvalue weighted by molar-refractivity contribution is 5.42. The van der Waals surface area contributed by atoms with Crippen LogP contribution in [0.15, 0.2) is 18.2 Å². The smallest absolute Gasteiger partial charge is 0.408 e. The molecule has 1 rings (SSSR count). The third-order valence-corrected chi connectivity index (χ3v) is 2.48. The molecule has 0 bridgehead atoms. The molecule has 0 amide bonds. The number of benzene rings is 1. The van der Waals surface area contributed by atoms with Crippen molar-refractivity contribution in [3.8, 4) is 11.5 Å². The molecule has 0 spiro atoms. The van der Waals surface area contributed by atoms with Gasteiger partial charge < -0.3 is 14.8 Å². The van der Waals surface area contributed by atoms with Gasteiger partial charge in [0.2, 0.25) is 0 Å². The number of rotatable bonds is 5. The molecule has 0 aliphatic carbocycles. The number of hydrogen-bond acceptors (Lipinski definition) is 3. The molecule has 0 heterocycles. The zero-order valence-corrected chi connectivity index (χ0v) is 10.5. The largest absolute Gasteiger partial charge is 0.497 e. The van der Waals surface area contributed by atoms with E-state index in [-0.39, 0.29) is 17.9 Å². The van der Waals surface area contributed by atoms with Crippen LogP contribution in [0, 0.1) is 0 Å². The second kappa shape index (κ2) is 5.95. The molecule has 0 aromatic heterocycles. The van der Waals surface area contributed by atoms with Crippen LogP contribution in [0.4, 0.5) is 13.2 Å². The van der Waals surface area contributed by atoms with Crippen LogP contribution >= 0.6 is 0 Å². The topological polar surface area (TPSA) is 30.5 Å². The van der Waals surface area contributed by atoms with Crippen LogP contribution in [0.3, 0.4) is 0 Å². The summed E-state index contributed by atoms with van der Waals surface area (Å²) in [6, 6.07) is 2.58. The number of alkyl halides is 3. The highest BCUT2D eigenvalue weighted by Crippen LogP contribution is 2.38. The Hall–Kier alpha value is -1.43. The van der Waals surface area contributed by atoms with E-state index in [4.69, 9.17) is 9.47 Å². The molecule has 18 heavy (non-hydrogen) atoms. The maximum Gasteiger partial charge on any atom is 0.408 e. The maximum absolute atomic E-state index is 13.0. The van der Waals surface area contributed by atoms with Crippen molar-refractivity contribution in [3.63, 3.8) is 0 Å². The van der Waals surface area contributed by atoms with Gasteiger partial charge in [-0.15, -0.1) is 0 Å². The van der Waals surface area contributed by atoms with E-state index in [0.717, 1.165) is 0 Å². The summed E-state index contributed by atoms with van der Waals surface area (Å²) in [5.41, 5.74) is 0.0196. The summed E-state index contributed by atoms with van der Waals surface area (Å²) in [5.74, 6) is 0.539. The third-order valence-electron chi connectivity index (χ3n) is 2.48. The van der Waals surface area contributed by atoms with Crippen LogP contribution < -0.4 is 14.8 Å². The van der Waals surface area contributed by atoms with E-state index in [1.54, 1.807) is 13.0 Å². The van der Waals surface area contributed by atoms with Crippen LogP contribution in [0.5, 0.6) is 11.5 Å². The molecule has 0 radical (unpaired) electrons. The summed E-state index contributed by atoms with van der Waals surface area (Å²) in [6.07, 6.45) is -4.39. The third kappa shape index (κ3) is 3.29. The van der Waals surface area contributed by atoms with E-state index >= 15 is 0 Å². The van der Waals surface area contributed by atoms with Gasteiger partial charge in [0.15, 0.2) is 0 Å². The van der Waals surface area contributed by atoms with E-state index in [0.29, 0.717) is 5.75 Å². The van der Waals surface area contributed by atoms with Gasteiger partial charge in [-0.25, -0.2) is 0 Å². The molecule has 0 aliphatic rings. The van der Waals surface area contributed by atoms with Gasteiger partial charge in [-0.2, -0.15) is 13.2 Å². The predicted octanol–water partition coefficient (Wildman–Crippen LogP) is 2.92. The Kier molecular flexibility index (Phi) is 4.84. The zero-order valence-electron chi connectivity index (χ0n) is 10.5. The summed E-state index contributed by atoms with van der Waals surface area (Å²) in [4.78, 5) is 0. The molecule has 6 heteroatoms. The van der Waals surface area contributed by atoms with Crippen molar-refractivity contribution in [3.05, 3.63) is 23.8 Å². The van der Waals surface area contributed by atoms with E-state index in [2.05, 4.69) is 5.32 Å². The lowest BCUT2D eigenvalue weighted by molar-refractivity contribution is -0.157. The predicted molar refractivity (Wildman–Crippen MR) is 62.0 cm³/mol. The molecule has 0 saturated heterocycles. The lowest BCUT2D eigenvalue weighted by atomic mass is 10.0. The van der Waals surface area contributed by atoms with Gasteiger partial charge in [0.25, 0.3) is 0 Å². The maximum atomic E-state index is 13.0. The molecular formula is C12H16F3NO2. The quantitative estimate of drug-likeness (QED) is 0.886. The molecule has 1 aromatic carbocycles. The van der Waals surface area contributed by atoms with Crippen molar-refractivity contribution >= 4 is 0 Å². The SMILES string of the molecule is CCNC(c1cc(OC)ccc1OC)C(F)(F)F. The first-order valence-electron chi connectivity index (χ1n) is 5.46. The van der Waals surface area contributed by atoms with Crippen LogP contribution in [0.2, 0.25) is 0 Å². The fourth-order valence-corrected chi connectivity index (χ4v) is 1.67. The molecular weight excluding hydrogens is 247 g/mol. The standard InChI is InChI=1S/C12H16F3NO2/c1-4-16-11(12(13,14)15)9-7-8(17-2)5-6-10(9)18-3/h5-7,11,16H,4H2,1-3H3. The second-order valence-electron chi connectivity index (χ2n) is 3.64. The summed E-state index contributed by atoms with van der Waals surface area (Å²) in [7, 11) is 2.74. The Morgan fingerprint density at radius 2 is 1.89 bits per heavy atom. The van der Waals surface area contributed by atoms with E-state index < -0.39 is 12.2 Å². The Balaban J connectivity index is 3.24. The minimum atomic E-state index is -4.39. The van der Waals surface area contributed by atoms with Gasteiger partial charge >= 0.3 is 6.18 Å². The highest BCUT2D eigenvalue weighted by atomic mass is 19.4. The highest BCUT2D eigenvalue weighted by Gasteiger charge is 2.41. The average Bonchev–Trinajstić information content (AvgIpc) is 2.33. The number of nitrogens with one attached hydrogen (secondary N) is 1. The fraction of sp³-hybridized carbons (Fsp3) is 0.500. The Morgan fingerprint density at radius 3 is 2.33 bits per heavy atom. The molecule has 1 atom stereocenters. The summed E-state index contributed by atoms with van der Waals surface area (Å²) in [6.45, 7) is 1.82. The Morgan fingerprint density at radius 1 is 1.22 bits per heavy atom. The molecule has 1 aromatic rings. The van der Waals surface area contributed by atoms with Crippen molar-refractivity contribution in [2.24, 2.45) is 0 Å². The summed E-state index contributed by atoms with van der Waals surface area (Å²) < 4.78 is 48.9. The van der Waals surface area contributed by atoms with Gasteiger partial charge in [0.05, 0.1) is 14.2 Å². The van der Waals surface area contributed by atoms with E-state index in [9.17, 15) is 13.2 Å². The van der Waals surface area contributed by atoms with Crippen LogP contribution in [-0.4, -0.2) is 26.9 Å². The van der Waals surface area contributed by atoms with Gasteiger partial charge in [-0.05, 0) is 24.7 Å². The first-order chi connectivity index (χ1) is 8.43. The minimum Gasteiger partial charge on any atom is -0.497 e. The van der Waals surface area contributed by atoms with Crippen LogP contribution in [0.25, 0.3) is 0 Å². The summed E-state index contributed by atoms with van der Waals surface area (Å²) in [5, 5.41) is 2.40.